The van der Waals surface area contributed by atoms with Gasteiger partial charge < -0.3 is 15.2 Å². The molecule has 7 heteroatoms. The smallest absolute Gasteiger partial charge is 0.550 e. The van der Waals surface area contributed by atoms with E-state index in [1.165, 1.54) is 0 Å². The van der Waals surface area contributed by atoms with Crippen LogP contribution in [-0.4, -0.2) is 11.9 Å². The van der Waals surface area contributed by atoms with Crippen molar-refractivity contribution < 1.29 is 44.3 Å². The minimum Gasteiger partial charge on any atom is -0.550 e. The van der Waals surface area contributed by atoms with E-state index < -0.39 is 11.9 Å². The molecular formula is C19H18Br2NNaO3. The van der Waals surface area contributed by atoms with Gasteiger partial charge in [-0.1, -0.05) is 68.3 Å². The van der Waals surface area contributed by atoms with Crippen LogP contribution in [0.4, 0.5) is 0 Å². The molecular weight excluding hydrogens is 473 g/mol. The molecule has 0 heterocycles. The second-order valence-corrected chi connectivity index (χ2v) is 7.63. The zero-order valence-electron chi connectivity index (χ0n) is 14.7. The standard InChI is InChI=1S/C19H19Br2NO3.Na/c1-12(16-8-7-15(20)11-17(16)21)22-18(23)10-14(19(24)25)9-13-5-3-2-4-6-13;/h2-8,11-12,14H,9-10H2,1H3,(H,22,23)(H,24,25);/q;+1/p-1. The maximum absolute atomic E-state index is 12.3. The summed E-state index contributed by atoms with van der Waals surface area (Å²) in [6, 6.07) is 14.7. The summed E-state index contributed by atoms with van der Waals surface area (Å²) in [5, 5.41) is 14.2. The Labute approximate surface area is 192 Å². The van der Waals surface area contributed by atoms with Crippen LogP contribution in [0.15, 0.2) is 57.5 Å². The minimum atomic E-state index is -1.21. The molecule has 0 fully saturated rings. The van der Waals surface area contributed by atoms with E-state index in [4.69, 9.17) is 0 Å². The number of hydrogen-bond acceptors (Lipinski definition) is 3. The zero-order chi connectivity index (χ0) is 18.4. The molecule has 0 bridgehead atoms. The van der Waals surface area contributed by atoms with Gasteiger partial charge in [-0.3, -0.25) is 4.79 Å². The number of carbonyl (C=O) groups excluding carboxylic acids is 2. The molecule has 4 nitrogen and oxygen atoms in total. The van der Waals surface area contributed by atoms with Gasteiger partial charge in [-0.2, -0.15) is 0 Å². The largest absolute Gasteiger partial charge is 1.00 e. The Morgan fingerprint density at radius 1 is 1.12 bits per heavy atom. The van der Waals surface area contributed by atoms with Gasteiger partial charge in [0.05, 0.1) is 6.04 Å². The number of carboxylic acid groups (broad SMARTS) is 1. The molecule has 0 spiro atoms. The van der Waals surface area contributed by atoms with Crippen LogP contribution in [0.5, 0.6) is 0 Å². The third-order valence-corrected chi connectivity index (χ3v) is 5.08. The van der Waals surface area contributed by atoms with E-state index in [-0.39, 0.29) is 54.3 Å². The van der Waals surface area contributed by atoms with Crippen molar-refractivity contribution in [2.24, 2.45) is 5.92 Å². The minimum absolute atomic E-state index is 0. The summed E-state index contributed by atoms with van der Waals surface area (Å²) in [5.41, 5.74) is 1.79. The molecule has 2 aromatic rings. The first-order valence-electron chi connectivity index (χ1n) is 7.86. The van der Waals surface area contributed by atoms with Crippen molar-refractivity contribution in [1.29, 1.82) is 0 Å². The number of nitrogens with one attached hydrogen (secondary N) is 1. The summed E-state index contributed by atoms with van der Waals surface area (Å²) in [6.45, 7) is 1.86. The normalized spacial score (nSPS) is 12.6. The maximum atomic E-state index is 12.3. The summed E-state index contributed by atoms with van der Waals surface area (Å²) >= 11 is 6.86. The van der Waals surface area contributed by atoms with Crippen LogP contribution >= 0.6 is 31.9 Å². The summed E-state index contributed by atoms with van der Waals surface area (Å²) in [5.74, 6) is -2.38. The van der Waals surface area contributed by atoms with Gasteiger partial charge >= 0.3 is 29.6 Å². The zero-order valence-corrected chi connectivity index (χ0v) is 19.8. The number of carboxylic acids is 1. The Hall–Kier alpha value is -0.660. The molecule has 0 aliphatic carbocycles. The summed E-state index contributed by atoms with van der Waals surface area (Å²) in [7, 11) is 0. The molecule has 1 amide bonds. The molecule has 132 valence electrons. The number of benzene rings is 2. The van der Waals surface area contributed by atoms with Crippen molar-refractivity contribution in [2.75, 3.05) is 0 Å². The van der Waals surface area contributed by atoms with Crippen LogP contribution in [-0.2, 0) is 16.0 Å². The van der Waals surface area contributed by atoms with Crippen LogP contribution in [0, 0.1) is 5.92 Å². The third-order valence-electron chi connectivity index (χ3n) is 3.90. The summed E-state index contributed by atoms with van der Waals surface area (Å²) in [4.78, 5) is 23.7. The van der Waals surface area contributed by atoms with E-state index in [0.717, 1.165) is 20.1 Å². The quantitative estimate of drug-likeness (QED) is 0.571. The fourth-order valence-electron chi connectivity index (χ4n) is 2.59. The molecule has 2 unspecified atom stereocenters. The van der Waals surface area contributed by atoms with Crippen molar-refractivity contribution in [3.05, 3.63) is 68.6 Å². The Morgan fingerprint density at radius 2 is 1.77 bits per heavy atom. The predicted octanol–water partition coefficient (Wildman–Crippen LogP) is 0.392. The molecule has 0 aromatic heterocycles. The second-order valence-electron chi connectivity index (χ2n) is 5.86. The van der Waals surface area contributed by atoms with E-state index in [0.29, 0.717) is 0 Å². The van der Waals surface area contributed by atoms with Crippen molar-refractivity contribution in [2.45, 2.75) is 25.8 Å². The number of rotatable bonds is 7. The Morgan fingerprint density at radius 3 is 2.35 bits per heavy atom. The Bertz CT molecular complexity index is 756. The van der Waals surface area contributed by atoms with Crippen LogP contribution < -0.4 is 40.0 Å². The summed E-state index contributed by atoms with van der Waals surface area (Å²) < 4.78 is 1.80. The second kappa shape index (κ2) is 11.2. The fraction of sp³-hybridized carbons (Fsp3) is 0.263. The molecule has 1 N–H and O–H groups in total. The van der Waals surface area contributed by atoms with Gasteiger partial charge in [-0.05, 0) is 36.6 Å². The average molecular weight is 491 g/mol. The Balaban J connectivity index is 0.00000338. The third kappa shape index (κ3) is 7.16. The first kappa shape index (κ1) is 23.4. The SMILES string of the molecule is CC(NC(=O)CC(Cc1ccccc1)C(=O)[O-])c1ccc(Br)cc1Br.[Na+]. The van der Waals surface area contributed by atoms with Crippen molar-refractivity contribution in [3.63, 3.8) is 0 Å². The average Bonchev–Trinajstić information content (AvgIpc) is 2.54. The molecule has 2 aromatic carbocycles. The molecule has 2 rings (SSSR count). The topological polar surface area (TPSA) is 69.2 Å². The molecule has 0 saturated carbocycles. The number of carbonyl (C=O) groups is 2. The van der Waals surface area contributed by atoms with Crippen molar-refractivity contribution in [1.82, 2.24) is 5.32 Å². The van der Waals surface area contributed by atoms with Crippen molar-refractivity contribution in [3.8, 4) is 0 Å². The first-order chi connectivity index (χ1) is 11.9. The van der Waals surface area contributed by atoms with Crippen LogP contribution in [0.3, 0.4) is 0 Å². The van der Waals surface area contributed by atoms with E-state index >= 15 is 0 Å². The molecule has 26 heavy (non-hydrogen) atoms. The molecule has 2 atom stereocenters. The van der Waals surface area contributed by atoms with E-state index in [1.54, 1.807) is 0 Å². The van der Waals surface area contributed by atoms with Gasteiger partial charge in [0, 0.05) is 27.3 Å². The van der Waals surface area contributed by atoms with Crippen LogP contribution in [0.1, 0.15) is 30.5 Å². The van der Waals surface area contributed by atoms with Crippen molar-refractivity contribution >= 4 is 43.7 Å². The van der Waals surface area contributed by atoms with Gasteiger partial charge in [0.2, 0.25) is 5.91 Å². The number of amides is 1. The number of aliphatic carboxylic acids is 1. The number of hydrogen-bond donors (Lipinski definition) is 1. The van der Waals surface area contributed by atoms with E-state index in [9.17, 15) is 14.7 Å². The summed E-state index contributed by atoms with van der Waals surface area (Å²) in [6.07, 6.45) is 0.155. The van der Waals surface area contributed by atoms with Gasteiger partial charge in [0.1, 0.15) is 0 Å². The fourth-order valence-corrected chi connectivity index (χ4v) is 3.98. The van der Waals surface area contributed by atoms with Crippen LogP contribution in [0.2, 0.25) is 0 Å². The molecule has 0 aliphatic heterocycles. The first-order valence-corrected chi connectivity index (χ1v) is 9.44. The maximum Gasteiger partial charge on any atom is 1.00 e. The van der Waals surface area contributed by atoms with Gasteiger partial charge in [0.15, 0.2) is 0 Å². The molecule has 0 radical (unpaired) electrons. The predicted molar refractivity (Wildman–Crippen MR) is 102 cm³/mol. The Kier molecular flexibility index (Phi) is 10.1. The van der Waals surface area contributed by atoms with E-state index in [1.807, 2.05) is 55.5 Å². The molecule has 0 aliphatic rings. The monoisotopic (exact) mass is 489 g/mol. The van der Waals surface area contributed by atoms with Gasteiger partial charge in [-0.25, -0.2) is 0 Å². The van der Waals surface area contributed by atoms with Gasteiger partial charge in [-0.15, -0.1) is 0 Å². The van der Waals surface area contributed by atoms with Crippen LogP contribution in [0.25, 0.3) is 0 Å². The molecule has 0 saturated heterocycles. The number of halogens is 2. The van der Waals surface area contributed by atoms with Gasteiger partial charge in [0.25, 0.3) is 0 Å². The van der Waals surface area contributed by atoms with E-state index in [2.05, 4.69) is 37.2 Å².